The van der Waals surface area contributed by atoms with Gasteiger partial charge >= 0.3 is 0 Å². The Bertz CT molecular complexity index is 573. The highest BCUT2D eigenvalue weighted by Gasteiger charge is 2.25. The molecule has 2 aliphatic heterocycles. The molecule has 5 heteroatoms. The normalized spacial score (nSPS) is 21.0. The van der Waals surface area contributed by atoms with Gasteiger partial charge in [0.25, 0.3) is 0 Å². The predicted molar refractivity (Wildman–Crippen MR) is 101 cm³/mol. The van der Waals surface area contributed by atoms with E-state index in [4.69, 9.17) is 0 Å². The third-order valence-electron chi connectivity index (χ3n) is 5.93. The van der Waals surface area contributed by atoms with Crippen LogP contribution < -0.4 is 4.90 Å². The van der Waals surface area contributed by atoms with Crippen LogP contribution in [0, 0.1) is 11.8 Å². The highest BCUT2D eigenvalue weighted by molar-refractivity contribution is 5.77. The van der Waals surface area contributed by atoms with Gasteiger partial charge in [-0.05, 0) is 57.5 Å². The minimum atomic E-state index is 0.257. The molecule has 3 rings (SSSR count). The maximum Gasteiger partial charge on any atom is 0.143 e. The van der Waals surface area contributed by atoms with Gasteiger partial charge in [-0.2, -0.15) is 0 Å². The standard InChI is InChI=1S/C20H32N4O/c1-15(2)17-6-10-24(11-7-17)20-12-19(21-14-22-20)18-4-8-23(9-5-18)13-16(3)25/h12,14-15,17-18H,4-11,13H2,1-3H3. The Morgan fingerprint density at radius 2 is 1.80 bits per heavy atom. The average Bonchev–Trinajstić information content (AvgIpc) is 2.62. The number of rotatable bonds is 5. The van der Waals surface area contributed by atoms with Crippen molar-refractivity contribution in [3.8, 4) is 0 Å². The molecule has 0 spiro atoms. The predicted octanol–water partition coefficient (Wildman–Crippen LogP) is 3.12. The molecule has 2 saturated heterocycles. The number of aromatic nitrogens is 2. The van der Waals surface area contributed by atoms with Crippen molar-refractivity contribution in [1.82, 2.24) is 14.9 Å². The summed E-state index contributed by atoms with van der Waals surface area (Å²) in [7, 11) is 0. The van der Waals surface area contributed by atoms with Crippen molar-refractivity contribution in [3.05, 3.63) is 18.1 Å². The summed E-state index contributed by atoms with van der Waals surface area (Å²) in [6.07, 6.45) is 6.43. The van der Waals surface area contributed by atoms with Crippen molar-refractivity contribution >= 4 is 11.6 Å². The summed E-state index contributed by atoms with van der Waals surface area (Å²) in [5.74, 6) is 3.48. The lowest BCUT2D eigenvalue weighted by Crippen LogP contribution is -2.37. The minimum Gasteiger partial charge on any atom is -0.356 e. The average molecular weight is 345 g/mol. The number of carbonyl (C=O) groups is 1. The monoisotopic (exact) mass is 344 g/mol. The van der Waals surface area contributed by atoms with E-state index in [1.165, 1.54) is 18.5 Å². The van der Waals surface area contributed by atoms with Gasteiger partial charge in [0.2, 0.25) is 0 Å². The summed E-state index contributed by atoms with van der Waals surface area (Å²) < 4.78 is 0. The number of hydrogen-bond donors (Lipinski definition) is 0. The Morgan fingerprint density at radius 3 is 2.40 bits per heavy atom. The van der Waals surface area contributed by atoms with Gasteiger partial charge in [0.05, 0.1) is 6.54 Å². The number of nitrogens with zero attached hydrogens (tertiary/aromatic N) is 4. The highest BCUT2D eigenvalue weighted by atomic mass is 16.1. The van der Waals surface area contributed by atoms with Gasteiger partial charge in [-0.1, -0.05) is 13.8 Å². The molecule has 138 valence electrons. The first-order chi connectivity index (χ1) is 12.0. The van der Waals surface area contributed by atoms with Gasteiger partial charge in [-0.15, -0.1) is 0 Å². The van der Waals surface area contributed by atoms with Crippen LogP contribution in [0.25, 0.3) is 0 Å². The second-order valence-corrected chi connectivity index (χ2v) is 8.12. The Kier molecular flexibility index (Phi) is 6.05. The molecule has 3 heterocycles. The van der Waals surface area contributed by atoms with Crippen LogP contribution in [0.4, 0.5) is 5.82 Å². The third-order valence-corrected chi connectivity index (χ3v) is 5.93. The molecule has 1 aromatic rings. The summed E-state index contributed by atoms with van der Waals surface area (Å²) in [6.45, 7) is 11.1. The molecule has 1 aromatic heterocycles. The van der Waals surface area contributed by atoms with Crippen LogP contribution in [-0.4, -0.2) is 53.4 Å². The number of carbonyl (C=O) groups excluding carboxylic acids is 1. The molecule has 2 fully saturated rings. The van der Waals surface area contributed by atoms with Gasteiger partial charge in [0.15, 0.2) is 0 Å². The summed E-state index contributed by atoms with van der Waals surface area (Å²) in [5.41, 5.74) is 1.18. The summed E-state index contributed by atoms with van der Waals surface area (Å²) in [4.78, 5) is 25.1. The van der Waals surface area contributed by atoms with Gasteiger partial charge in [-0.3, -0.25) is 9.69 Å². The van der Waals surface area contributed by atoms with Crippen LogP contribution in [0.5, 0.6) is 0 Å². The van der Waals surface area contributed by atoms with E-state index in [2.05, 4.69) is 39.7 Å². The first-order valence-corrected chi connectivity index (χ1v) is 9.81. The van der Waals surface area contributed by atoms with Crippen LogP contribution in [0.15, 0.2) is 12.4 Å². The fourth-order valence-corrected chi connectivity index (χ4v) is 4.25. The third kappa shape index (κ3) is 4.78. The fourth-order valence-electron chi connectivity index (χ4n) is 4.25. The Morgan fingerprint density at radius 1 is 1.12 bits per heavy atom. The Hall–Kier alpha value is -1.49. The lowest BCUT2D eigenvalue weighted by atomic mass is 9.86. The quantitative estimate of drug-likeness (QED) is 0.821. The molecule has 0 radical (unpaired) electrons. The number of piperidine rings is 2. The summed E-state index contributed by atoms with van der Waals surface area (Å²) >= 11 is 0. The topological polar surface area (TPSA) is 49.3 Å². The number of likely N-dealkylation sites (tertiary alicyclic amines) is 1. The second-order valence-electron chi connectivity index (χ2n) is 8.12. The maximum absolute atomic E-state index is 11.3. The van der Waals surface area contributed by atoms with E-state index < -0.39 is 0 Å². The molecule has 0 amide bonds. The molecule has 25 heavy (non-hydrogen) atoms. The van der Waals surface area contributed by atoms with Crippen molar-refractivity contribution in [2.45, 2.75) is 52.4 Å². The summed E-state index contributed by atoms with van der Waals surface area (Å²) in [6, 6.07) is 2.21. The molecular formula is C20H32N4O. The molecule has 0 atom stereocenters. The molecular weight excluding hydrogens is 312 g/mol. The molecule has 5 nitrogen and oxygen atoms in total. The smallest absolute Gasteiger partial charge is 0.143 e. The van der Waals surface area contributed by atoms with E-state index in [1.54, 1.807) is 13.3 Å². The zero-order valence-electron chi connectivity index (χ0n) is 15.9. The first-order valence-electron chi connectivity index (χ1n) is 9.81. The van der Waals surface area contributed by atoms with Gasteiger partial charge in [-0.25, -0.2) is 9.97 Å². The molecule has 0 N–H and O–H groups in total. The maximum atomic E-state index is 11.3. The minimum absolute atomic E-state index is 0.257. The van der Waals surface area contributed by atoms with E-state index in [0.717, 1.165) is 56.7 Å². The zero-order chi connectivity index (χ0) is 17.8. The molecule has 0 unspecified atom stereocenters. The Balaban J connectivity index is 1.58. The molecule has 0 bridgehead atoms. The second kappa shape index (κ2) is 8.26. The lowest BCUT2D eigenvalue weighted by Gasteiger charge is -2.35. The van der Waals surface area contributed by atoms with Crippen molar-refractivity contribution in [2.24, 2.45) is 11.8 Å². The van der Waals surface area contributed by atoms with Crippen molar-refractivity contribution in [2.75, 3.05) is 37.6 Å². The lowest BCUT2D eigenvalue weighted by molar-refractivity contribution is -0.118. The SMILES string of the molecule is CC(=O)CN1CCC(c2cc(N3CCC(C(C)C)CC3)ncn2)CC1. The largest absolute Gasteiger partial charge is 0.356 e. The highest BCUT2D eigenvalue weighted by Crippen LogP contribution is 2.30. The first kappa shape index (κ1) is 18.3. The van der Waals surface area contributed by atoms with Crippen LogP contribution in [-0.2, 0) is 4.79 Å². The molecule has 0 aromatic carbocycles. The van der Waals surface area contributed by atoms with E-state index in [0.29, 0.717) is 12.5 Å². The molecule has 0 saturated carbocycles. The van der Waals surface area contributed by atoms with Gasteiger partial charge < -0.3 is 4.90 Å². The van der Waals surface area contributed by atoms with E-state index in [9.17, 15) is 4.79 Å². The van der Waals surface area contributed by atoms with Crippen LogP contribution in [0.2, 0.25) is 0 Å². The number of anilines is 1. The van der Waals surface area contributed by atoms with Crippen LogP contribution in [0.1, 0.15) is 58.1 Å². The Labute approximate surface area is 151 Å². The molecule has 0 aliphatic carbocycles. The number of ketones is 1. The number of hydrogen-bond acceptors (Lipinski definition) is 5. The van der Waals surface area contributed by atoms with Gasteiger partial charge in [0.1, 0.15) is 17.9 Å². The van der Waals surface area contributed by atoms with Crippen molar-refractivity contribution in [1.29, 1.82) is 0 Å². The fraction of sp³-hybridized carbons (Fsp3) is 0.750. The van der Waals surface area contributed by atoms with Crippen molar-refractivity contribution < 1.29 is 4.79 Å². The van der Waals surface area contributed by atoms with Crippen molar-refractivity contribution in [3.63, 3.8) is 0 Å². The number of Topliss-reactive ketones (excluding diaryl/α,β-unsaturated/α-hetero) is 1. The zero-order valence-corrected chi connectivity index (χ0v) is 15.9. The van der Waals surface area contributed by atoms with Crippen LogP contribution in [0.3, 0.4) is 0 Å². The van der Waals surface area contributed by atoms with E-state index >= 15 is 0 Å². The van der Waals surface area contributed by atoms with Gasteiger partial charge in [0, 0.05) is 30.8 Å². The van der Waals surface area contributed by atoms with Crippen LogP contribution >= 0.6 is 0 Å². The summed E-state index contributed by atoms with van der Waals surface area (Å²) in [5, 5.41) is 0. The molecule has 2 aliphatic rings. The van der Waals surface area contributed by atoms with E-state index in [1.807, 2.05) is 0 Å². The van der Waals surface area contributed by atoms with E-state index in [-0.39, 0.29) is 5.78 Å².